The maximum absolute atomic E-state index is 13.7. The van der Waals surface area contributed by atoms with Gasteiger partial charge in [0.25, 0.3) is 6.01 Å². The highest BCUT2D eigenvalue weighted by Crippen LogP contribution is 2.43. The first kappa shape index (κ1) is 19.1. The van der Waals surface area contributed by atoms with Crippen molar-refractivity contribution in [1.82, 2.24) is 20.1 Å². The molecule has 10 heteroatoms. The van der Waals surface area contributed by atoms with Crippen molar-refractivity contribution in [2.45, 2.75) is 31.5 Å². The number of halogens is 4. The summed E-state index contributed by atoms with van der Waals surface area (Å²) in [5, 5.41) is 6.89. The van der Waals surface area contributed by atoms with Gasteiger partial charge in [0.2, 0.25) is 0 Å². The molecule has 28 heavy (non-hydrogen) atoms. The van der Waals surface area contributed by atoms with E-state index in [-0.39, 0.29) is 23.2 Å². The number of nitrogens with one attached hydrogen (secondary N) is 1. The molecule has 1 aromatic carbocycles. The van der Waals surface area contributed by atoms with E-state index < -0.39 is 16.8 Å². The maximum Gasteiger partial charge on any atom is 0.420 e. The maximum atomic E-state index is 13.7. The number of rotatable bonds is 3. The van der Waals surface area contributed by atoms with Crippen LogP contribution in [0.5, 0.6) is 0 Å². The van der Waals surface area contributed by atoms with E-state index in [1.54, 1.807) is 12.3 Å². The van der Waals surface area contributed by atoms with Gasteiger partial charge in [-0.3, -0.25) is 0 Å². The fraction of sp³-hybridized carbons (Fsp3) is 0.444. The van der Waals surface area contributed by atoms with Crippen LogP contribution in [0.25, 0.3) is 16.8 Å². The second-order valence-electron chi connectivity index (χ2n) is 6.80. The largest absolute Gasteiger partial charge is 0.421 e. The first-order chi connectivity index (χ1) is 13.4. The van der Waals surface area contributed by atoms with Crippen LogP contribution in [0.2, 0.25) is 5.02 Å². The number of hydrogen-bond donors (Lipinski definition) is 1. The zero-order valence-electron chi connectivity index (χ0n) is 15.1. The van der Waals surface area contributed by atoms with Gasteiger partial charge in [-0.05, 0) is 32.0 Å². The Hall–Kier alpha value is -2.26. The SMILES string of the molecule is CNC1CCCCN(c2nc3c(C(F)(F)F)c(Cl)cc(-n4cccn4)c3o2)C1. The molecule has 1 aliphatic rings. The summed E-state index contributed by atoms with van der Waals surface area (Å²) in [5.41, 5.74) is -0.960. The number of benzene rings is 1. The molecule has 4 rings (SSSR count). The Morgan fingerprint density at radius 2 is 2.14 bits per heavy atom. The first-order valence-electron chi connectivity index (χ1n) is 9.01. The Bertz CT molecular complexity index is 970. The zero-order chi connectivity index (χ0) is 19.9. The number of aromatic nitrogens is 3. The number of hydrogen-bond acceptors (Lipinski definition) is 5. The smallest absolute Gasteiger partial charge is 0.420 e. The average Bonchev–Trinajstić information content (AvgIpc) is 3.25. The van der Waals surface area contributed by atoms with Gasteiger partial charge >= 0.3 is 6.18 Å². The molecule has 0 bridgehead atoms. The van der Waals surface area contributed by atoms with Crippen molar-refractivity contribution >= 4 is 28.7 Å². The van der Waals surface area contributed by atoms with Crippen molar-refractivity contribution < 1.29 is 17.6 Å². The van der Waals surface area contributed by atoms with Gasteiger partial charge < -0.3 is 14.6 Å². The van der Waals surface area contributed by atoms with Crippen molar-refractivity contribution in [3.8, 4) is 5.69 Å². The van der Waals surface area contributed by atoms with Gasteiger partial charge in [0.1, 0.15) is 16.8 Å². The van der Waals surface area contributed by atoms with Crippen LogP contribution in [0.1, 0.15) is 24.8 Å². The molecule has 1 aliphatic heterocycles. The van der Waals surface area contributed by atoms with Gasteiger partial charge in [-0.25, -0.2) is 4.68 Å². The summed E-state index contributed by atoms with van der Waals surface area (Å²) in [6, 6.07) is 3.27. The van der Waals surface area contributed by atoms with Crippen molar-refractivity contribution in [2.24, 2.45) is 0 Å². The number of anilines is 1. The van der Waals surface area contributed by atoms with E-state index in [0.29, 0.717) is 18.8 Å². The number of nitrogens with zero attached hydrogens (tertiary/aromatic N) is 4. The van der Waals surface area contributed by atoms with E-state index in [1.807, 2.05) is 11.9 Å². The lowest BCUT2D eigenvalue weighted by molar-refractivity contribution is -0.136. The van der Waals surface area contributed by atoms with Gasteiger partial charge in [0.05, 0.1) is 5.02 Å². The average molecular weight is 414 g/mol. The highest BCUT2D eigenvalue weighted by Gasteiger charge is 2.39. The lowest BCUT2D eigenvalue weighted by Crippen LogP contribution is -2.38. The zero-order valence-corrected chi connectivity index (χ0v) is 15.9. The predicted molar refractivity (Wildman–Crippen MR) is 100 cm³/mol. The van der Waals surface area contributed by atoms with Crippen LogP contribution in [0.15, 0.2) is 28.9 Å². The second kappa shape index (κ2) is 7.29. The third-order valence-corrected chi connectivity index (χ3v) is 5.27. The highest BCUT2D eigenvalue weighted by atomic mass is 35.5. The first-order valence-corrected chi connectivity index (χ1v) is 9.38. The number of alkyl halides is 3. The summed E-state index contributed by atoms with van der Waals surface area (Å²) in [4.78, 5) is 6.11. The Morgan fingerprint density at radius 1 is 1.32 bits per heavy atom. The standard InChI is InChI=1S/C18H19ClF3N5O/c1-23-11-5-2-3-7-26(10-11)17-25-15-14(18(20,21)22)12(19)9-13(16(15)28-17)27-8-4-6-24-27/h4,6,8-9,11,23H,2-3,5,7,10H2,1H3. The molecular weight excluding hydrogens is 395 g/mol. The summed E-state index contributed by atoms with van der Waals surface area (Å²) in [7, 11) is 1.87. The fourth-order valence-electron chi connectivity index (χ4n) is 3.56. The van der Waals surface area contributed by atoms with Crippen LogP contribution >= 0.6 is 11.6 Å². The summed E-state index contributed by atoms with van der Waals surface area (Å²) in [6.07, 6.45) is 1.42. The molecule has 0 radical (unpaired) electrons. The molecule has 0 spiro atoms. The fourth-order valence-corrected chi connectivity index (χ4v) is 3.86. The highest BCUT2D eigenvalue weighted by molar-refractivity contribution is 6.32. The number of likely N-dealkylation sites (N-methyl/N-ethyl adjacent to an activating group) is 1. The lowest BCUT2D eigenvalue weighted by Gasteiger charge is -2.22. The third kappa shape index (κ3) is 3.44. The molecule has 1 atom stereocenters. The minimum Gasteiger partial charge on any atom is -0.421 e. The molecule has 0 aliphatic carbocycles. The molecule has 3 heterocycles. The van der Waals surface area contributed by atoms with Crippen molar-refractivity contribution in [1.29, 1.82) is 0 Å². The van der Waals surface area contributed by atoms with Crippen LogP contribution in [-0.4, -0.2) is 40.9 Å². The minimum absolute atomic E-state index is 0.0145. The van der Waals surface area contributed by atoms with Crippen molar-refractivity contribution in [3.63, 3.8) is 0 Å². The van der Waals surface area contributed by atoms with Crippen LogP contribution in [0.3, 0.4) is 0 Å². The normalized spacial score (nSPS) is 18.6. The molecule has 0 amide bonds. The Labute approximate surface area is 164 Å². The summed E-state index contributed by atoms with van der Waals surface area (Å²) >= 11 is 6.01. The van der Waals surface area contributed by atoms with Crippen molar-refractivity contribution in [3.05, 3.63) is 35.1 Å². The number of oxazole rings is 1. The third-order valence-electron chi connectivity index (χ3n) is 4.97. The molecule has 1 fully saturated rings. The number of fused-ring (bicyclic) bond motifs is 1. The molecule has 3 aromatic rings. The van der Waals surface area contributed by atoms with Gasteiger partial charge in [-0.2, -0.15) is 23.3 Å². The predicted octanol–water partition coefficient (Wildman–Crippen LogP) is 4.26. The van der Waals surface area contributed by atoms with E-state index in [4.69, 9.17) is 16.0 Å². The summed E-state index contributed by atoms with van der Waals surface area (Å²) < 4.78 is 48.3. The monoisotopic (exact) mass is 413 g/mol. The van der Waals surface area contributed by atoms with E-state index in [1.165, 1.54) is 16.9 Å². The van der Waals surface area contributed by atoms with Gasteiger partial charge in [-0.15, -0.1) is 0 Å². The Kier molecular flexibility index (Phi) is 4.96. The molecule has 1 saturated heterocycles. The van der Waals surface area contributed by atoms with Crippen LogP contribution < -0.4 is 10.2 Å². The molecule has 1 N–H and O–H groups in total. The van der Waals surface area contributed by atoms with Gasteiger partial charge in [0, 0.05) is 31.5 Å². The molecule has 150 valence electrons. The van der Waals surface area contributed by atoms with Gasteiger partial charge in [-0.1, -0.05) is 18.0 Å². The molecule has 1 unspecified atom stereocenters. The molecule has 2 aromatic heterocycles. The summed E-state index contributed by atoms with van der Waals surface area (Å²) in [6.45, 7) is 1.27. The summed E-state index contributed by atoms with van der Waals surface area (Å²) in [5.74, 6) is 0. The van der Waals surface area contributed by atoms with E-state index in [9.17, 15) is 13.2 Å². The minimum atomic E-state index is -4.65. The quantitative estimate of drug-likeness (QED) is 0.695. The Morgan fingerprint density at radius 3 is 2.82 bits per heavy atom. The van der Waals surface area contributed by atoms with E-state index in [2.05, 4.69) is 15.4 Å². The van der Waals surface area contributed by atoms with E-state index in [0.717, 1.165) is 19.3 Å². The molecule has 0 saturated carbocycles. The van der Waals surface area contributed by atoms with Gasteiger partial charge in [0.15, 0.2) is 5.58 Å². The van der Waals surface area contributed by atoms with Crippen molar-refractivity contribution in [2.75, 3.05) is 25.0 Å². The molecular formula is C18H19ClF3N5O. The van der Waals surface area contributed by atoms with Crippen LogP contribution in [0, 0.1) is 0 Å². The topological polar surface area (TPSA) is 59.1 Å². The van der Waals surface area contributed by atoms with E-state index >= 15 is 0 Å². The Balaban J connectivity index is 1.89. The van der Waals surface area contributed by atoms with Crippen LogP contribution in [0.4, 0.5) is 19.2 Å². The molecule has 6 nitrogen and oxygen atoms in total. The van der Waals surface area contributed by atoms with Crippen LogP contribution in [-0.2, 0) is 6.18 Å². The lowest BCUT2D eigenvalue weighted by atomic mass is 10.1. The second-order valence-corrected chi connectivity index (χ2v) is 7.21.